The van der Waals surface area contributed by atoms with E-state index in [2.05, 4.69) is 4.98 Å². The largest absolute Gasteiger partial charge is 0.262 e. The van der Waals surface area contributed by atoms with Crippen LogP contribution in [0.3, 0.4) is 0 Å². The van der Waals surface area contributed by atoms with Crippen molar-refractivity contribution in [1.82, 2.24) is 4.98 Å². The summed E-state index contributed by atoms with van der Waals surface area (Å²) in [6.07, 6.45) is 6.64. The van der Waals surface area contributed by atoms with E-state index >= 15 is 0 Å². The van der Waals surface area contributed by atoms with Crippen molar-refractivity contribution in [3.05, 3.63) is 34.1 Å². The van der Waals surface area contributed by atoms with Gasteiger partial charge in [0.15, 0.2) is 0 Å². The zero-order chi connectivity index (χ0) is 8.97. The Morgan fingerprint density at radius 2 is 1.83 bits per heavy atom. The zero-order valence-corrected chi connectivity index (χ0v) is 8.37. The van der Waals surface area contributed by atoms with Crippen LogP contribution in [0.1, 0.15) is 5.56 Å². The summed E-state index contributed by atoms with van der Waals surface area (Å²) < 4.78 is 0. The van der Waals surface area contributed by atoms with Gasteiger partial charge in [0.25, 0.3) is 0 Å². The molecule has 4 heteroatoms. The summed E-state index contributed by atoms with van der Waals surface area (Å²) >= 11 is 17.1. The molecule has 0 saturated carbocycles. The highest BCUT2D eigenvalue weighted by Crippen LogP contribution is 2.23. The predicted octanol–water partition coefficient (Wildman–Crippen LogP) is 3.64. The van der Waals surface area contributed by atoms with Crippen molar-refractivity contribution in [1.29, 1.82) is 0 Å². The molecular weight excluding hydrogens is 216 g/mol. The van der Waals surface area contributed by atoms with Crippen molar-refractivity contribution >= 4 is 40.9 Å². The minimum Gasteiger partial charge on any atom is -0.262 e. The third-order valence-electron chi connectivity index (χ3n) is 1.26. The number of pyridine rings is 1. The highest BCUT2D eigenvalue weighted by atomic mass is 35.5. The molecule has 0 atom stereocenters. The Hall–Kier alpha value is -0.240. The monoisotopic (exact) mass is 221 g/mol. The van der Waals surface area contributed by atoms with Crippen LogP contribution in [0, 0.1) is 0 Å². The molecule has 0 aliphatic heterocycles. The van der Waals surface area contributed by atoms with Crippen LogP contribution < -0.4 is 0 Å². The van der Waals surface area contributed by atoms with E-state index in [1.807, 2.05) is 0 Å². The van der Waals surface area contributed by atoms with E-state index in [9.17, 15) is 0 Å². The molecule has 0 N–H and O–H groups in total. The third kappa shape index (κ3) is 2.37. The smallest absolute Gasteiger partial charge is 0.0676 e. The van der Waals surface area contributed by atoms with Crippen molar-refractivity contribution < 1.29 is 0 Å². The highest BCUT2D eigenvalue weighted by molar-refractivity contribution is 6.36. The van der Waals surface area contributed by atoms with Gasteiger partial charge < -0.3 is 0 Å². The van der Waals surface area contributed by atoms with E-state index < -0.39 is 0 Å². The summed E-state index contributed by atoms with van der Waals surface area (Å²) in [4.78, 5) is 3.82. The molecule has 0 unspecified atom stereocenters. The summed E-state index contributed by atoms with van der Waals surface area (Å²) in [5.41, 5.74) is 0.758. The van der Waals surface area contributed by atoms with E-state index in [0.29, 0.717) is 15.9 Å². The van der Waals surface area contributed by atoms with Crippen molar-refractivity contribution in [2.75, 3.05) is 5.88 Å². The van der Waals surface area contributed by atoms with Crippen LogP contribution >= 0.6 is 34.8 Å². The summed E-state index contributed by atoms with van der Waals surface area (Å²) in [6, 6.07) is 0. The number of halogens is 3. The Labute approximate surface area is 86.0 Å². The van der Waals surface area contributed by atoms with Gasteiger partial charge in [0.05, 0.1) is 10.0 Å². The van der Waals surface area contributed by atoms with Gasteiger partial charge >= 0.3 is 0 Å². The maximum absolute atomic E-state index is 5.82. The van der Waals surface area contributed by atoms with E-state index in [1.54, 1.807) is 24.5 Å². The number of allylic oxidation sites excluding steroid dienone is 1. The lowest BCUT2D eigenvalue weighted by atomic mass is 10.2. The molecule has 0 aliphatic rings. The van der Waals surface area contributed by atoms with E-state index in [1.165, 1.54) is 0 Å². The average molecular weight is 223 g/mol. The predicted molar refractivity (Wildman–Crippen MR) is 54.0 cm³/mol. The lowest BCUT2D eigenvalue weighted by Gasteiger charge is -1.98. The first-order valence-electron chi connectivity index (χ1n) is 3.27. The summed E-state index contributed by atoms with van der Waals surface area (Å²) in [5, 5.41) is 1.06. The van der Waals surface area contributed by atoms with Crippen LogP contribution in [0.15, 0.2) is 18.5 Å². The van der Waals surface area contributed by atoms with Crippen molar-refractivity contribution in [2.45, 2.75) is 0 Å². The van der Waals surface area contributed by atoms with Gasteiger partial charge in [0.2, 0.25) is 0 Å². The zero-order valence-electron chi connectivity index (χ0n) is 6.10. The summed E-state index contributed by atoms with van der Waals surface area (Å²) in [5.74, 6) is 0.439. The van der Waals surface area contributed by atoms with Crippen LogP contribution in [-0.2, 0) is 0 Å². The lowest BCUT2D eigenvalue weighted by molar-refractivity contribution is 1.32. The molecule has 1 heterocycles. The van der Waals surface area contributed by atoms with E-state index in [0.717, 1.165) is 5.56 Å². The maximum Gasteiger partial charge on any atom is 0.0676 e. The van der Waals surface area contributed by atoms with Gasteiger partial charge in [-0.2, -0.15) is 0 Å². The second-order valence-electron chi connectivity index (χ2n) is 2.07. The lowest BCUT2D eigenvalue weighted by Crippen LogP contribution is -1.80. The first-order valence-corrected chi connectivity index (χ1v) is 4.56. The van der Waals surface area contributed by atoms with Crippen molar-refractivity contribution in [3.63, 3.8) is 0 Å². The number of nitrogens with zero attached hydrogens (tertiary/aromatic N) is 1. The van der Waals surface area contributed by atoms with Gasteiger partial charge in [-0.05, 0) is 0 Å². The molecule has 0 radical (unpaired) electrons. The topological polar surface area (TPSA) is 12.9 Å². The van der Waals surface area contributed by atoms with Gasteiger partial charge in [-0.3, -0.25) is 4.98 Å². The van der Waals surface area contributed by atoms with Gasteiger partial charge in [0, 0.05) is 23.8 Å². The molecule has 0 fully saturated rings. The van der Waals surface area contributed by atoms with Gasteiger partial charge in [-0.1, -0.05) is 35.4 Å². The molecule has 1 aromatic rings. The standard InChI is InChI=1S/C8H6Cl3N/c9-3-1-2-6-7(10)4-12-5-8(6)11/h1-2,4-5H,3H2. The Balaban J connectivity index is 3.04. The number of rotatable bonds is 2. The Morgan fingerprint density at radius 1 is 1.25 bits per heavy atom. The first-order chi connectivity index (χ1) is 5.75. The molecule has 0 bridgehead atoms. The molecule has 12 heavy (non-hydrogen) atoms. The van der Waals surface area contributed by atoms with Crippen LogP contribution in [0.25, 0.3) is 6.08 Å². The van der Waals surface area contributed by atoms with E-state index in [4.69, 9.17) is 34.8 Å². The number of alkyl halides is 1. The van der Waals surface area contributed by atoms with Crippen LogP contribution in [0.2, 0.25) is 10.0 Å². The Bertz CT molecular complexity index is 276. The second kappa shape index (κ2) is 4.70. The number of aromatic nitrogens is 1. The second-order valence-corrected chi connectivity index (χ2v) is 3.20. The van der Waals surface area contributed by atoms with Crippen LogP contribution in [-0.4, -0.2) is 10.9 Å². The molecule has 0 saturated heterocycles. The van der Waals surface area contributed by atoms with E-state index in [-0.39, 0.29) is 0 Å². The van der Waals surface area contributed by atoms with Gasteiger partial charge in [-0.25, -0.2) is 0 Å². The molecule has 0 aliphatic carbocycles. The van der Waals surface area contributed by atoms with Crippen molar-refractivity contribution in [2.24, 2.45) is 0 Å². The van der Waals surface area contributed by atoms with Crippen LogP contribution in [0.4, 0.5) is 0 Å². The molecule has 1 nitrogen and oxygen atoms in total. The molecule has 64 valence electrons. The average Bonchev–Trinajstić information content (AvgIpc) is 2.04. The Morgan fingerprint density at radius 3 is 2.33 bits per heavy atom. The fourth-order valence-corrected chi connectivity index (χ4v) is 1.32. The number of hydrogen-bond donors (Lipinski definition) is 0. The van der Waals surface area contributed by atoms with Gasteiger partial charge in [0.1, 0.15) is 0 Å². The highest BCUT2D eigenvalue weighted by Gasteiger charge is 2.00. The quantitative estimate of drug-likeness (QED) is 0.696. The SMILES string of the molecule is ClCC=Cc1c(Cl)cncc1Cl. The molecule has 0 aromatic carbocycles. The normalized spacial score (nSPS) is 10.9. The molecule has 1 aromatic heterocycles. The van der Waals surface area contributed by atoms with Gasteiger partial charge in [-0.15, -0.1) is 11.6 Å². The minimum atomic E-state index is 0.439. The fourth-order valence-electron chi connectivity index (χ4n) is 0.743. The minimum absolute atomic E-state index is 0.439. The fraction of sp³-hybridized carbons (Fsp3) is 0.125. The van der Waals surface area contributed by atoms with Crippen molar-refractivity contribution in [3.8, 4) is 0 Å². The molecule has 1 rings (SSSR count). The number of hydrogen-bond acceptors (Lipinski definition) is 1. The third-order valence-corrected chi connectivity index (χ3v) is 2.04. The summed E-state index contributed by atoms with van der Waals surface area (Å²) in [6.45, 7) is 0. The van der Waals surface area contributed by atoms with Crippen LogP contribution in [0.5, 0.6) is 0 Å². The summed E-state index contributed by atoms with van der Waals surface area (Å²) in [7, 11) is 0. The Kier molecular flexibility index (Phi) is 3.86. The molecular formula is C8H6Cl3N. The maximum atomic E-state index is 5.82. The molecule has 0 amide bonds. The molecule has 0 spiro atoms. The first kappa shape index (κ1) is 9.85.